The van der Waals surface area contributed by atoms with E-state index >= 15 is 0 Å². The summed E-state index contributed by atoms with van der Waals surface area (Å²) < 4.78 is 5.81. The molecule has 1 N–H and O–H groups in total. The molecule has 0 aliphatic heterocycles. The van der Waals surface area contributed by atoms with Crippen molar-refractivity contribution in [1.29, 1.82) is 0 Å². The first-order chi connectivity index (χ1) is 9.97. The Kier molecular flexibility index (Phi) is 3.52. The predicted molar refractivity (Wildman–Crippen MR) is 80.3 cm³/mol. The molecule has 7 heteroatoms. The third kappa shape index (κ3) is 2.70. The Morgan fingerprint density at radius 1 is 1.48 bits per heavy atom. The highest BCUT2D eigenvalue weighted by Gasteiger charge is 2.29. The Balaban J connectivity index is 1.85. The topological polar surface area (TPSA) is 72.7 Å². The standard InChI is InChI=1S/C14H19N5OS/c1-14(2,3)19-12-6-4-5-10(9(12)7-15-19)16-13(20)11-8-21-18-17-11/h7-8,10H,4-6H2,1-3H3,(H,16,20). The summed E-state index contributed by atoms with van der Waals surface area (Å²) in [5.41, 5.74) is 2.71. The highest BCUT2D eigenvalue weighted by molar-refractivity contribution is 7.03. The first-order valence-electron chi connectivity index (χ1n) is 7.12. The van der Waals surface area contributed by atoms with Gasteiger partial charge in [-0.2, -0.15) is 5.10 Å². The van der Waals surface area contributed by atoms with Crippen LogP contribution in [-0.2, 0) is 12.0 Å². The van der Waals surface area contributed by atoms with Crippen molar-refractivity contribution in [2.24, 2.45) is 0 Å². The van der Waals surface area contributed by atoms with Crippen LogP contribution in [0.25, 0.3) is 0 Å². The number of nitrogens with zero attached hydrogens (tertiary/aromatic N) is 4. The first-order valence-corrected chi connectivity index (χ1v) is 7.95. The van der Waals surface area contributed by atoms with Crippen molar-refractivity contribution in [2.75, 3.05) is 0 Å². The molecule has 2 aromatic rings. The molecular formula is C14H19N5OS. The number of amides is 1. The number of nitrogens with one attached hydrogen (secondary N) is 1. The second kappa shape index (κ2) is 5.22. The molecule has 112 valence electrons. The molecule has 2 aromatic heterocycles. The first kappa shape index (κ1) is 14.2. The fourth-order valence-electron chi connectivity index (χ4n) is 2.78. The number of hydrogen-bond acceptors (Lipinski definition) is 5. The minimum atomic E-state index is -0.162. The molecule has 1 atom stereocenters. The Bertz CT molecular complexity index is 641. The van der Waals surface area contributed by atoms with Crippen LogP contribution in [0.15, 0.2) is 11.6 Å². The zero-order chi connectivity index (χ0) is 15.0. The van der Waals surface area contributed by atoms with Gasteiger partial charge in [0.25, 0.3) is 5.91 Å². The van der Waals surface area contributed by atoms with Crippen molar-refractivity contribution >= 4 is 17.4 Å². The Morgan fingerprint density at radius 3 is 2.95 bits per heavy atom. The molecule has 6 nitrogen and oxygen atoms in total. The molecule has 0 saturated carbocycles. The smallest absolute Gasteiger partial charge is 0.273 e. The van der Waals surface area contributed by atoms with Gasteiger partial charge < -0.3 is 5.32 Å². The number of carbonyl (C=O) groups excluding carboxylic acids is 1. The van der Waals surface area contributed by atoms with Crippen LogP contribution >= 0.6 is 11.5 Å². The van der Waals surface area contributed by atoms with Crippen molar-refractivity contribution in [1.82, 2.24) is 24.7 Å². The Hall–Kier alpha value is -1.76. The monoisotopic (exact) mass is 305 g/mol. The molecular weight excluding hydrogens is 286 g/mol. The maximum Gasteiger partial charge on any atom is 0.273 e. The lowest BCUT2D eigenvalue weighted by atomic mass is 9.92. The van der Waals surface area contributed by atoms with Crippen molar-refractivity contribution in [3.8, 4) is 0 Å². The van der Waals surface area contributed by atoms with Gasteiger partial charge in [-0.3, -0.25) is 9.48 Å². The number of aromatic nitrogens is 4. The lowest BCUT2D eigenvalue weighted by Crippen LogP contribution is -2.32. The van der Waals surface area contributed by atoms with Crippen molar-refractivity contribution in [3.63, 3.8) is 0 Å². The molecule has 0 radical (unpaired) electrons. The van der Waals surface area contributed by atoms with E-state index in [2.05, 4.69) is 45.5 Å². The van der Waals surface area contributed by atoms with Crippen LogP contribution in [0.4, 0.5) is 0 Å². The van der Waals surface area contributed by atoms with Gasteiger partial charge in [-0.15, -0.1) is 5.10 Å². The summed E-state index contributed by atoms with van der Waals surface area (Å²) in [5.74, 6) is -0.162. The van der Waals surface area contributed by atoms with Crippen LogP contribution in [0.5, 0.6) is 0 Å². The van der Waals surface area contributed by atoms with Crippen molar-refractivity contribution < 1.29 is 4.79 Å². The molecule has 0 aromatic carbocycles. The molecule has 0 bridgehead atoms. The van der Waals surface area contributed by atoms with Crippen LogP contribution in [0, 0.1) is 0 Å². The Labute approximate surface area is 127 Å². The second-order valence-electron chi connectivity index (χ2n) is 6.34. The van der Waals surface area contributed by atoms with Crippen LogP contribution in [0.2, 0.25) is 0 Å². The van der Waals surface area contributed by atoms with Crippen LogP contribution in [-0.4, -0.2) is 25.3 Å². The van der Waals surface area contributed by atoms with E-state index in [0.29, 0.717) is 5.69 Å². The summed E-state index contributed by atoms with van der Waals surface area (Å²) in [6, 6.07) is 0.0130. The van der Waals surface area contributed by atoms with Crippen molar-refractivity contribution in [3.05, 3.63) is 28.5 Å². The minimum absolute atomic E-state index is 0.0130. The van der Waals surface area contributed by atoms with Crippen molar-refractivity contribution in [2.45, 2.75) is 51.6 Å². The van der Waals surface area contributed by atoms with Gasteiger partial charge in [-0.1, -0.05) is 4.49 Å². The number of rotatable bonds is 2. The second-order valence-corrected chi connectivity index (χ2v) is 6.95. The predicted octanol–water partition coefficient (Wildman–Crippen LogP) is 2.30. The highest BCUT2D eigenvalue weighted by atomic mass is 32.1. The molecule has 1 unspecified atom stereocenters. The zero-order valence-corrected chi connectivity index (χ0v) is 13.3. The normalized spacial score (nSPS) is 18.3. The lowest BCUT2D eigenvalue weighted by Gasteiger charge is -2.28. The van der Waals surface area contributed by atoms with Crippen LogP contribution in [0.3, 0.4) is 0 Å². The maximum atomic E-state index is 12.2. The van der Waals surface area contributed by atoms with Crippen LogP contribution < -0.4 is 5.32 Å². The summed E-state index contributed by atoms with van der Waals surface area (Å²) in [6.07, 6.45) is 4.89. The van der Waals surface area contributed by atoms with E-state index in [1.165, 1.54) is 17.2 Å². The van der Waals surface area contributed by atoms with Gasteiger partial charge in [0.1, 0.15) is 0 Å². The summed E-state index contributed by atoms with van der Waals surface area (Å²) in [7, 11) is 0. The number of fused-ring (bicyclic) bond motifs is 1. The fraction of sp³-hybridized carbons (Fsp3) is 0.571. The molecule has 3 rings (SSSR count). The molecule has 0 spiro atoms. The van der Waals surface area contributed by atoms with Gasteiger partial charge in [0, 0.05) is 16.6 Å². The van der Waals surface area contributed by atoms with Gasteiger partial charge in [-0.25, -0.2) is 0 Å². The van der Waals surface area contributed by atoms with E-state index in [9.17, 15) is 4.79 Å². The van der Waals surface area contributed by atoms with E-state index in [0.717, 1.165) is 24.8 Å². The average molecular weight is 305 g/mol. The lowest BCUT2D eigenvalue weighted by molar-refractivity contribution is 0.0927. The number of carbonyl (C=O) groups is 1. The molecule has 0 saturated heterocycles. The third-order valence-corrected chi connectivity index (χ3v) is 4.22. The van der Waals surface area contributed by atoms with E-state index in [1.807, 2.05) is 6.20 Å². The molecule has 21 heavy (non-hydrogen) atoms. The highest BCUT2D eigenvalue weighted by Crippen LogP contribution is 2.32. The fourth-order valence-corrected chi connectivity index (χ4v) is 3.22. The Morgan fingerprint density at radius 2 is 2.29 bits per heavy atom. The molecule has 1 aliphatic rings. The van der Waals surface area contributed by atoms with Gasteiger partial charge in [-0.05, 0) is 51.6 Å². The third-order valence-electron chi connectivity index (χ3n) is 3.72. The van der Waals surface area contributed by atoms with E-state index < -0.39 is 0 Å². The van der Waals surface area contributed by atoms with E-state index in [4.69, 9.17) is 0 Å². The van der Waals surface area contributed by atoms with Gasteiger partial charge in [0.15, 0.2) is 5.69 Å². The van der Waals surface area contributed by atoms with Gasteiger partial charge in [0.2, 0.25) is 0 Å². The van der Waals surface area contributed by atoms with Crippen LogP contribution in [0.1, 0.15) is 61.4 Å². The summed E-state index contributed by atoms with van der Waals surface area (Å²) in [6.45, 7) is 6.43. The number of hydrogen-bond donors (Lipinski definition) is 1. The molecule has 0 fully saturated rings. The minimum Gasteiger partial charge on any atom is -0.344 e. The average Bonchev–Trinajstić information content (AvgIpc) is 3.07. The molecule has 1 aliphatic carbocycles. The molecule has 1 amide bonds. The maximum absolute atomic E-state index is 12.2. The van der Waals surface area contributed by atoms with E-state index in [-0.39, 0.29) is 17.5 Å². The summed E-state index contributed by atoms with van der Waals surface area (Å²) >= 11 is 1.18. The van der Waals surface area contributed by atoms with Gasteiger partial charge in [0.05, 0.1) is 17.8 Å². The summed E-state index contributed by atoms with van der Waals surface area (Å²) in [5, 5.41) is 13.1. The quantitative estimate of drug-likeness (QED) is 0.924. The molecule has 2 heterocycles. The van der Waals surface area contributed by atoms with Gasteiger partial charge >= 0.3 is 0 Å². The summed E-state index contributed by atoms with van der Waals surface area (Å²) in [4.78, 5) is 12.2. The zero-order valence-electron chi connectivity index (χ0n) is 12.5. The largest absolute Gasteiger partial charge is 0.344 e. The van der Waals surface area contributed by atoms with E-state index in [1.54, 1.807) is 5.38 Å². The SMILES string of the molecule is CC(C)(C)n1ncc2c1CCCC2NC(=O)c1csnn1.